The monoisotopic (exact) mass is 215 g/mol. The van der Waals surface area contributed by atoms with E-state index in [-0.39, 0.29) is 5.43 Å². The molecule has 0 unspecified atom stereocenters. The third-order valence-corrected chi connectivity index (χ3v) is 2.23. The second-order valence-electron chi connectivity index (χ2n) is 3.06. The lowest BCUT2D eigenvalue weighted by atomic mass is 10.1. The van der Waals surface area contributed by atoms with E-state index in [1.807, 2.05) is 12.1 Å². The van der Waals surface area contributed by atoms with Crippen molar-refractivity contribution in [3.63, 3.8) is 0 Å². The molecule has 2 nitrogen and oxygen atoms in total. The quantitative estimate of drug-likeness (QED) is 0.510. The Morgan fingerprint density at radius 3 is 3.00 bits per heavy atom. The summed E-state index contributed by atoms with van der Waals surface area (Å²) in [5.41, 5.74) is 1.69. The Morgan fingerprint density at radius 2 is 2.20 bits per heavy atom. The van der Waals surface area contributed by atoms with Crippen molar-refractivity contribution in [3.8, 4) is 11.8 Å². The van der Waals surface area contributed by atoms with E-state index in [0.29, 0.717) is 11.1 Å². The fourth-order valence-corrected chi connectivity index (χ4v) is 1.47. The summed E-state index contributed by atoms with van der Waals surface area (Å²) in [7, 11) is 0. The van der Waals surface area contributed by atoms with Crippen LogP contribution in [0.25, 0.3) is 10.9 Å². The number of benzene rings is 1. The van der Waals surface area contributed by atoms with Crippen molar-refractivity contribution in [1.82, 2.24) is 4.98 Å². The Bertz CT molecular complexity index is 604. The molecule has 0 aliphatic heterocycles. The topological polar surface area (TPSA) is 32.9 Å². The van der Waals surface area contributed by atoms with Crippen LogP contribution in [-0.2, 0) is 0 Å². The van der Waals surface area contributed by atoms with Crippen LogP contribution in [-0.4, -0.2) is 10.7 Å². The highest BCUT2D eigenvalue weighted by molar-refractivity contribution is 7.80. The zero-order valence-corrected chi connectivity index (χ0v) is 8.84. The fourth-order valence-electron chi connectivity index (χ4n) is 1.39. The van der Waals surface area contributed by atoms with Crippen LogP contribution in [0.5, 0.6) is 0 Å². The molecule has 2 aromatic rings. The molecule has 0 saturated heterocycles. The van der Waals surface area contributed by atoms with Gasteiger partial charge in [0.05, 0.1) is 5.75 Å². The van der Waals surface area contributed by atoms with E-state index in [0.717, 1.165) is 11.1 Å². The van der Waals surface area contributed by atoms with Crippen LogP contribution < -0.4 is 5.43 Å². The van der Waals surface area contributed by atoms with Crippen LogP contribution in [0, 0.1) is 11.8 Å². The van der Waals surface area contributed by atoms with Crippen molar-refractivity contribution in [2.45, 2.75) is 0 Å². The number of hydrogen-bond acceptors (Lipinski definition) is 2. The van der Waals surface area contributed by atoms with Crippen LogP contribution in [0.4, 0.5) is 0 Å². The van der Waals surface area contributed by atoms with Gasteiger partial charge in [-0.05, 0) is 18.2 Å². The number of fused-ring (bicyclic) bond motifs is 1. The molecule has 0 atom stereocenters. The highest BCUT2D eigenvalue weighted by atomic mass is 32.1. The van der Waals surface area contributed by atoms with Gasteiger partial charge in [-0.1, -0.05) is 11.8 Å². The number of H-pyrrole nitrogens is 1. The predicted molar refractivity (Wildman–Crippen MR) is 65.3 cm³/mol. The van der Waals surface area contributed by atoms with Crippen molar-refractivity contribution >= 4 is 23.5 Å². The first-order valence-electron chi connectivity index (χ1n) is 4.52. The molecule has 15 heavy (non-hydrogen) atoms. The lowest BCUT2D eigenvalue weighted by molar-refractivity contribution is 1.39. The molecule has 0 fully saturated rings. The first-order chi connectivity index (χ1) is 7.31. The minimum Gasteiger partial charge on any atom is -0.361 e. The number of aromatic amines is 1. The third kappa shape index (κ3) is 2.05. The Labute approximate surface area is 92.7 Å². The summed E-state index contributed by atoms with van der Waals surface area (Å²) in [5.74, 6) is 6.30. The molecule has 0 aliphatic carbocycles. The number of thiol groups is 1. The molecule has 0 radical (unpaired) electrons. The lowest BCUT2D eigenvalue weighted by Gasteiger charge is -1.96. The van der Waals surface area contributed by atoms with Crippen molar-refractivity contribution < 1.29 is 0 Å². The lowest BCUT2D eigenvalue weighted by Crippen LogP contribution is -1.99. The summed E-state index contributed by atoms with van der Waals surface area (Å²) in [6, 6.07) is 7.05. The van der Waals surface area contributed by atoms with E-state index >= 15 is 0 Å². The molecular formula is C12H9NOS. The van der Waals surface area contributed by atoms with Crippen LogP contribution in [0.1, 0.15) is 5.56 Å². The number of aromatic nitrogens is 1. The van der Waals surface area contributed by atoms with E-state index in [1.54, 1.807) is 12.3 Å². The van der Waals surface area contributed by atoms with E-state index in [1.165, 1.54) is 6.07 Å². The second kappa shape index (κ2) is 4.24. The molecule has 1 aromatic carbocycles. The van der Waals surface area contributed by atoms with Gasteiger partial charge in [-0.2, -0.15) is 12.6 Å². The maximum Gasteiger partial charge on any atom is 0.189 e. The van der Waals surface area contributed by atoms with Gasteiger partial charge in [0.2, 0.25) is 0 Å². The number of nitrogens with one attached hydrogen (secondary N) is 1. The van der Waals surface area contributed by atoms with Crippen LogP contribution >= 0.6 is 12.6 Å². The smallest absolute Gasteiger partial charge is 0.189 e. The van der Waals surface area contributed by atoms with Crippen molar-refractivity contribution in [1.29, 1.82) is 0 Å². The average molecular weight is 215 g/mol. The Hall–Kier alpha value is -1.66. The first-order valence-corrected chi connectivity index (χ1v) is 5.16. The van der Waals surface area contributed by atoms with Gasteiger partial charge in [0.25, 0.3) is 0 Å². The van der Waals surface area contributed by atoms with Crippen molar-refractivity contribution in [3.05, 3.63) is 46.2 Å². The highest BCUT2D eigenvalue weighted by Gasteiger charge is 1.97. The highest BCUT2D eigenvalue weighted by Crippen LogP contribution is 2.08. The van der Waals surface area contributed by atoms with Gasteiger partial charge in [-0.3, -0.25) is 4.79 Å². The first kappa shape index (κ1) is 9.88. The summed E-state index contributed by atoms with van der Waals surface area (Å²) in [4.78, 5) is 14.5. The minimum atomic E-state index is 0.0123. The average Bonchev–Trinajstić information content (AvgIpc) is 2.27. The largest absolute Gasteiger partial charge is 0.361 e. The summed E-state index contributed by atoms with van der Waals surface area (Å²) in [5, 5.41) is 0.670. The summed E-state index contributed by atoms with van der Waals surface area (Å²) in [6.45, 7) is 0. The molecule has 0 saturated carbocycles. The van der Waals surface area contributed by atoms with Gasteiger partial charge >= 0.3 is 0 Å². The number of pyridine rings is 1. The van der Waals surface area contributed by atoms with E-state index in [4.69, 9.17) is 0 Å². The normalized spacial score (nSPS) is 9.67. The predicted octanol–water partition coefficient (Wildman–Crippen LogP) is 1.81. The van der Waals surface area contributed by atoms with Gasteiger partial charge in [-0.25, -0.2) is 0 Å². The maximum absolute atomic E-state index is 11.5. The third-order valence-electron chi connectivity index (χ3n) is 2.07. The van der Waals surface area contributed by atoms with Gasteiger partial charge in [0.15, 0.2) is 5.43 Å². The fraction of sp³-hybridized carbons (Fsp3) is 0.0833. The van der Waals surface area contributed by atoms with Crippen LogP contribution in [0.2, 0.25) is 0 Å². The molecule has 0 bridgehead atoms. The van der Waals surface area contributed by atoms with Gasteiger partial charge in [-0.15, -0.1) is 0 Å². The molecule has 3 heteroatoms. The van der Waals surface area contributed by atoms with E-state index < -0.39 is 0 Å². The molecule has 0 amide bonds. The van der Waals surface area contributed by atoms with Crippen molar-refractivity contribution in [2.75, 3.05) is 5.75 Å². The Kier molecular flexibility index (Phi) is 2.79. The molecule has 74 valence electrons. The van der Waals surface area contributed by atoms with Gasteiger partial charge < -0.3 is 4.98 Å². The molecule has 1 aromatic heterocycles. The Balaban J connectivity index is 2.65. The second-order valence-corrected chi connectivity index (χ2v) is 3.38. The summed E-state index contributed by atoms with van der Waals surface area (Å²) in [6.07, 6.45) is 1.64. The molecule has 0 spiro atoms. The van der Waals surface area contributed by atoms with E-state index in [2.05, 4.69) is 29.5 Å². The molecular weight excluding hydrogens is 206 g/mol. The van der Waals surface area contributed by atoms with Crippen molar-refractivity contribution in [2.24, 2.45) is 0 Å². The van der Waals surface area contributed by atoms with Gasteiger partial charge in [0.1, 0.15) is 0 Å². The SMILES string of the molecule is O=c1cc[nH]c2ccc(C#CCS)cc12. The molecule has 1 N–H and O–H groups in total. The zero-order chi connectivity index (χ0) is 10.7. The van der Waals surface area contributed by atoms with Crippen LogP contribution in [0.3, 0.4) is 0 Å². The number of rotatable bonds is 0. The summed E-state index contributed by atoms with van der Waals surface area (Å²) < 4.78 is 0. The van der Waals surface area contributed by atoms with E-state index in [9.17, 15) is 4.79 Å². The minimum absolute atomic E-state index is 0.0123. The van der Waals surface area contributed by atoms with Crippen LogP contribution in [0.15, 0.2) is 35.3 Å². The summed E-state index contributed by atoms with van der Waals surface area (Å²) >= 11 is 4.00. The molecule has 0 aliphatic rings. The Morgan fingerprint density at radius 1 is 1.33 bits per heavy atom. The van der Waals surface area contributed by atoms with Gasteiger partial charge in [0, 0.05) is 28.7 Å². The maximum atomic E-state index is 11.5. The standard InChI is InChI=1S/C12H9NOS/c14-12-5-6-13-11-4-3-9(2-1-7-15)8-10(11)12/h3-6,8,15H,7H2,(H,13,14). The zero-order valence-electron chi connectivity index (χ0n) is 7.95. The molecule has 1 heterocycles. The molecule has 2 rings (SSSR count). The number of hydrogen-bond donors (Lipinski definition) is 2.